The molecule has 2 rings (SSSR count). The number of hydrogen-bond donors (Lipinski definition) is 1. The third-order valence-corrected chi connectivity index (χ3v) is 4.12. The second-order valence-corrected chi connectivity index (χ2v) is 5.30. The van der Waals surface area contributed by atoms with E-state index in [-0.39, 0.29) is 6.61 Å². The minimum Gasteiger partial charge on any atom is -0.392 e. The highest BCUT2D eigenvalue weighted by molar-refractivity contribution is 8.00. The van der Waals surface area contributed by atoms with Crippen LogP contribution in [0.15, 0.2) is 12.4 Å². The van der Waals surface area contributed by atoms with Crippen LogP contribution in [0, 0.1) is 0 Å². The van der Waals surface area contributed by atoms with Gasteiger partial charge in [-0.05, 0) is 6.42 Å². The molecule has 1 aromatic heterocycles. The second kappa shape index (κ2) is 5.50. The molecule has 1 aliphatic heterocycles. The Bertz CT molecular complexity index is 331. The van der Waals surface area contributed by atoms with Gasteiger partial charge in [0.2, 0.25) is 5.95 Å². The SMILES string of the molecule is CCC1CN(c2ncc(CO)cn2)CCS1. The molecular weight excluding hydrogens is 222 g/mol. The van der Waals surface area contributed by atoms with Gasteiger partial charge in [-0.1, -0.05) is 6.92 Å². The van der Waals surface area contributed by atoms with Crippen molar-refractivity contribution in [2.45, 2.75) is 25.2 Å². The molecule has 0 radical (unpaired) electrons. The molecule has 2 heterocycles. The summed E-state index contributed by atoms with van der Waals surface area (Å²) in [5, 5.41) is 9.61. The van der Waals surface area contributed by atoms with E-state index in [0.29, 0.717) is 5.25 Å². The number of anilines is 1. The van der Waals surface area contributed by atoms with Crippen LogP contribution < -0.4 is 4.90 Å². The van der Waals surface area contributed by atoms with Gasteiger partial charge in [0.05, 0.1) is 6.61 Å². The first kappa shape index (κ1) is 11.7. The molecule has 16 heavy (non-hydrogen) atoms. The van der Waals surface area contributed by atoms with Gasteiger partial charge in [-0.3, -0.25) is 0 Å². The highest BCUT2D eigenvalue weighted by Gasteiger charge is 2.20. The second-order valence-electron chi connectivity index (χ2n) is 3.90. The van der Waals surface area contributed by atoms with Crippen LogP contribution >= 0.6 is 11.8 Å². The maximum Gasteiger partial charge on any atom is 0.225 e. The van der Waals surface area contributed by atoms with Crippen LogP contribution in [-0.4, -0.2) is 39.2 Å². The van der Waals surface area contributed by atoms with Crippen molar-refractivity contribution in [1.29, 1.82) is 0 Å². The molecule has 1 saturated heterocycles. The maximum absolute atomic E-state index is 8.92. The number of nitrogens with zero attached hydrogens (tertiary/aromatic N) is 3. The van der Waals surface area contributed by atoms with Gasteiger partial charge in [0.25, 0.3) is 0 Å². The van der Waals surface area contributed by atoms with Crippen LogP contribution in [0.4, 0.5) is 5.95 Å². The standard InChI is InChI=1S/C11H17N3OS/c1-2-10-7-14(3-4-16-10)11-12-5-9(8-15)6-13-11/h5-6,10,15H,2-4,7-8H2,1H3. The number of thioether (sulfide) groups is 1. The molecular formula is C11H17N3OS. The van der Waals surface area contributed by atoms with Crippen molar-refractivity contribution >= 4 is 17.7 Å². The molecule has 1 aliphatic rings. The summed E-state index contributed by atoms with van der Waals surface area (Å²) in [5.41, 5.74) is 0.766. The van der Waals surface area contributed by atoms with E-state index in [4.69, 9.17) is 5.11 Å². The van der Waals surface area contributed by atoms with Crippen LogP contribution in [0.5, 0.6) is 0 Å². The van der Waals surface area contributed by atoms with Crippen molar-refractivity contribution in [3.63, 3.8) is 0 Å². The van der Waals surface area contributed by atoms with Gasteiger partial charge in [-0.15, -0.1) is 0 Å². The van der Waals surface area contributed by atoms with Crippen LogP contribution in [-0.2, 0) is 6.61 Å². The zero-order valence-corrected chi connectivity index (χ0v) is 10.3. The molecule has 1 aromatic rings. The molecule has 1 atom stereocenters. The fourth-order valence-electron chi connectivity index (χ4n) is 1.74. The minimum absolute atomic E-state index is 0.00766. The zero-order valence-electron chi connectivity index (χ0n) is 9.46. The Morgan fingerprint density at radius 2 is 2.25 bits per heavy atom. The van der Waals surface area contributed by atoms with Crippen molar-refractivity contribution < 1.29 is 5.11 Å². The van der Waals surface area contributed by atoms with E-state index in [1.165, 1.54) is 6.42 Å². The van der Waals surface area contributed by atoms with E-state index in [0.717, 1.165) is 30.4 Å². The molecule has 88 valence electrons. The summed E-state index contributed by atoms with van der Waals surface area (Å²) < 4.78 is 0. The highest BCUT2D eigenvalue weighted by atomic mass is 32.2. The largest absolute Gasteiger partial charge is 0.392 e. The van der Waals surface area contributed by atoms with Crippen molar-refractivity contribution in [3.8, 4) is 0 Å². The fraction of sp³-hybridized carbons (Fsp3) is 0.636. The van der Waals surface area contributed by atoms with Gasteiger partial charge < -0.3 is 10.0 Å². The molecule has 1 fully saturated rings. The van der Waals surface area contributed by atoms with E-state index >= 15 is 0 Å². The number of aliphatic hydroxyl groups is 1. The summed E-state index contributed by atoms with van der Waals surface area (Å²) in [6, 6.07) is 0. The van der Waals surface area contributed by atoms with Crippen LogP contribution in [0.25, 0.3) is 0 Å². The summed E-state index contributed by atoms with van der Waals surface area (Å²) in [7, 11) is 0. The monoisotopic (exact) mass is 239 g/mol. The van der Waals surface area contributed by atoms with Gasteiger partial charge in [0.1, 0.15) is 0 Å². The topological polar surface area (TPSA) is 49.2 Å². The van der Waals surface area contributed by atoms with Crippen LogP contribution in [0.2, 0.25) is 0 Å². The van der Waals surface area contributed by atoms with Gasteiger partial charge in [-0.2, -0.15) is 11.8 Å². The third-order valence-electron chi connectivity index (χ3n) is 2.75. The molecule has 0 amide bonds. The molecule has 0 aromatic carbocycles. The summed E-state index contributed by atoms with van der Waals surface area (Å²) in [4.78, 5) is 10.8. The van der Waals surface area contributed by atoms with Gasteiger partial charge in [0, 0.05) is 42.0 Å². The molecule has 5 heteroatoms. The highest BCUT2D eigenvalue weighted by Crippen LogP contribution is 2.23. The Morgan fingerprint density at radius 1 is 1.50 bits per heavy atom. The lowest BCUT2D eigenvalue weighted by Gasteiger charge is -2.31. The Balaban J connectivity index is 2.05. The first-order valence-electron chi connectivity index (χ1n) is 5.61. The fourth-order valence-corrected chi connectivity index (χ4v) is 2.92. The lowest BCUT2D eigenvalue weighted by atomic mass is 10.3. The molecule has 0 saturated carbocycles. The molecule has 4 nitrogen and oxygen atoms in total. The number of hydrogen-bond acceptors (Lipinski definition) is 5. The van der Waals surface area contributed by atoms with Gasteiger partial charge in [0.15, 0.2) is 0 Å². The molecule has 0 aliphatic carbocycles. The van der Waals surface area contributed by atoms with E-state index in [1.807, 2.05) is 11.8 Å². The van der Waals surface area contributed by atoms with Crippen molar-refractivity contribution in [2.75, 3.05) is 23.7 Å². The molecule has 1 unspecified atom stereocenters. The summed E-state index contributed by atoms with van der Waals surface area (Å²) in [6.07, 6.45) is 4.59. The Morgan fingerprint density at radius 3 is 2.88 bits per heavy atom. The lowest BCUT2D eigenvalue weighted by Crippen LogP contribution is -2.38. The van der Waals surface area contributed by atoms with E-state index in [1.54, 1.807) is 12.4 Å². The van der Waals surface area contributed by atoms with E-state index < -0.39 is 0 Å². The van der Waals surface area contributed by atoms with Crippen molar-refractivity contribution in [3.05, 3.63) is 18.0 Å². The Hall–Kier alpha value is -0.810. The smallest absolute Gasteiger partial charge is 0.225 e. The number of aliphatic hydroxyl groups excluding tert-OH is 1. The predicted octanol–water partition coefficient (Wildman–Crippen LogP) is 1.30. The summed E-state index contributed by atoms with van der Waals surface area (Å²) in [5.74, 6) is 1.93. The van der Waals surface area contributed by atoms with Gasteiger partial charge in [-0.25, -0.2) is 9.97 Å². The predicted molar refractivity (Wildman–Crippen MR) is 66.7 cm³/mol. The molecule has 0 bridgehead atoms. The first-order valence-corrected chi connectivity index (χ1v) is 6.66. The van der Waals surface area contributed by atoms with Crippen molar-refractivity contribution in [1.82, 2.24) is 9.97 Å². The molecule has 1 N–H and O–H groups in total. The minimum atomic E-state index is 0.00766. The molecule has 0 spiro atoms. The van der Waals surface area contributed by atoms with E-state index in [2.05, 4.69) is 21.8 Å². The quantitative estimate of drug-likeness (QED) is 0.861. The summed E-state index contributed by atoms with van der Waals surface area (Å²) >= 11 is 2.03. The van der Waals surface area contributed by atoms with Crippen LogP contribution in [0.3, 0.4) is 0 Å². The first-order chi connectivity index (χ1) is 7.83. The summed E-state index contributed by atoms with van der Waals surface area (Å²) in [6.45, 7) is 4.27. The van der Waals surface area contributed by atoms with Crippen molar-refractivity contribution in [2.24, 2.45) is 0 Å². The third kappa shape index (κ3) is 2.65. The number of rotatable bonds is 3. The number of aromatic nitrogens is 2. The Kier molecular flexibility index (Phi) is 4.01. The van der Waals surface area contributed by atoms with Crippen LogP contribution in [0.1, 0.15) is 18.9 Å². The average Bonchev–Trinajstić information content (AvgIpc) is 2.39. The lowest BCUT2D eigenvalue weighted by molar-refractivity contribution is 0.281. The van der Waals surface area contributed by atoms with E-state index in [9.17, 15) is 0 Å². The Labute approximate surface area is 100 Å². The normalized spacial score (nSPS) is 21.1. The van der Waals surface area contributed by atoms with Gasteiger partial charge >= 0.3 is 0 Å². The maximum atomic E-state index is 8.92. The zero-order chi connectivity index (χ0) is 11.4. The average molecular weight is 239 g/mol.